The van der Waals surface area contributed by atoms with Crippen molar-refractivity contribution in [2.45, 2.75) is 64.8 Å². The van der Waals surface area contributed by atoms with E-state index in [4.69, 9.17) is 4.98 Å². The zero-order chi connectivity index (χ0) is 23.5. The molecule has 1 aliphatic rings. The van der Waals surface area contributed by atoms with Gasteiger partial charge >= 0.3 is 0 Å². The second-order valence-electron chi connectivity index (χ2n) is 8.78. The largest absolute Gasteiger partial charge is 0.354 e. The van der Waals surface area contributed by atoms with Crippen LogP contribution in [-0.2, 0) is 21.2 Å². The van der Waals surface area contributed by atoms with Gasteiger partial charge in [0.05, 0.1) is 11.9 Å². The number of rotatable bonds is 8. The summed E-state index contributed by atoms with van der Waals surface area (Å²) in [7, 11) is -3.58. The minimum Gasteiger partial charge on any atom is -0.354 e. The summed E-state index contributed by atoms with van der Waals surface area (Å²) in [5, 5.41) is 0. The first kappa shape index (κ1) is 24.2. The second kappa shape index (κ2) is 9.98. The van der Waals surface area contributed by atoms with Gasteiger partial charge in [0.25, 0.3) is 0 Å². The molecule has 1 saturated heterocycles. The van der Waals surface area contributed by atoms with Crippen molar-refractivity contribution >= 4 is 27.3 Å². The molecule has 1 fully saturated rings. The molecule has 8 heteroatoms. The standard InChI is InChI=1S/C24H32FN3O3S/c1-16-8-9-19(24(26-16)28-14-6-5-7-17(28)2)11-13-23(29)18(3)20-10-12-22(21(25)15-20)27-32(4,30)31/h8-10,12,15,17-18,27H,5-7,11,13-14H2,1-4H3. The maximum atomic E-state index is 14.3. The van der Waals surface area contributed by atoms with Gasteiger partial charge in [0.15, 0.2) is 0 Å². The van der Waals surface area contributed by atoms with Gasteiger partial charge in [-0.05, 0) is 68.9 Å². The zero-order valence-electron chi connectivity index (χ0n) is 19.2. The number of piperidine rings is 1. The van der Waals surface area contributed by atoms with Crippen LogP contribution < -0.4 is 9.62 Å². The van der Waals surface area contributed by atoms with Gasteiger partial charge in [-0.3, -0.25) is 9.52 Å². The molecule has 3 rings (SSSR count). The number of nitrogens with zero attached hydrogens (tertiary/aromatic N) is 2. The van der Waals surface area contributed by atoms with E-state index in [0.717, 1.165) is 42.7 Å². The van der Waals surface area contributed by atoms with E-state index in [1.54, 1.807) is 13.0 Å². The number of ketones is 1. The normalized spacial score (nSPS) is 17.8. The van der Waals surface area contributed by atoms with Crippen molar-refractivity contribution in [1.29, 1.82) is 0 Å². The molecular formula is C24H32FN3O3S. The van der Waals surface area contributed by atoms with E-state index < -0.39 is 21.8 Å². The molecular weight excluding hydrogens is 429 g/mol. The number of benzene rings is 1. The minimum absolute atomic E-state index is 0.00596. The molecule has 2 heterocycles. The molecule has 0 saturated carbocycles. The number of sulfonamides is 1. The van der Waals surface area contributed by atoms with Crippen LogP contribution in [0.4, 0.5) is 15.9 Å². The molecule has 1 N–H and O–H groups in total. The molecule has 32 heavy (non-hydrogen) atoms. The lowest BCUT2D eigenvalue weighted by molar-refractivity contribution is -0.120. The average molecular weight is 462 g/mol. The van der Waals surface area contributed by atoms with Crippen molar-refractivity contribution in [2.24, 2.45) is 0 Å². The lowest BCUT2D eigenvalue weighted by Gasteiger charge is -2.35. The Morgan fingerprint density at radius 3 is 2.69 bits per heavy atom. The number of hydrogen-bond donors (Lipinski definition) is 1. The van der Waals surface area contributed by atoms with Gasteiger partial charge in [0.2, 0.25) is 10.0 Å². The first-order valence-electron chi connectivity index (χ1n) is 11.1. The third-order valence-electron chi connectivity index (χ3n) is 6.08. The molecule has 6 nitrogen and oxygen atoms in total. The first-order valence-corrected chi connectivity index (χ1v) is 13.0. The Balaban J connectivity index is 1.71. The van der Waals surface area contributed by atoms with E-state index in [0.29, 0.717) is 24.4 Å². The van der Waals surface area contributed by atoms with Gasteiger partial charge in [-0.25, -0.2) is 17.8 Å². The summed E-state index contributed by atoms with van der Waals surface area (Å²) in [5.41, 5.74) is 2.42. The molecule has 0 aliphatic carbocycles. The van der Waals surface area contributed by atoms with Crippen LogP contribution >= 0.6 is 0 Å². The van der Waals surface area contributed by atoms with Crippen LogP contribution in [0.25, 0.3) is 0 Å². The average Bonchev–Trinajstić information content (AvgIpc) is 2.73. The molecule has 1 aromatic heterocycles. The number of nitrogens with one attached hydrogen (secondary N) is 1. The third kappa shape index (κ3) is 6.06. The van der Waals surface area contributed by atoms with E-state index in [1.807, 2.05) is 13.0 Å². The molecule has 2 atom stereocenters. The second-order valence-corrected chi connectivity index (χ2v) is 10.5. The summed E-state index contributed by atoms with van der Waals surface area (Å²) in [5.74, 6) is -0.212. The van der Waals surface area contributed by atoms with Crippen LogP contribution in [0, 0.1) is 12.7 Å². The molecule has 2 aromatic rings. The number of carbonyl (C=O) groups excluding carboxylic acids is 1. The summed E-state index contributed by atoms with van der Waals surface area (Å²) in [4.78, 5) is 20.0. The maximum Gasteiger partial charge on any atom is 0.229 e. The van der Waals surface area contributed by atoms with Gasteiger partial charge in [0.1, 0.15) is 17.4 Å². The van der Waals surface area contributed by atoms with Crippen molar-refractivity contribution in [1.82, 2.24) is 4.98 Å². The van der Waals surface area contributed by atoms with E-state index in [1.165, 1.54) is 18.6 Å². The summed E-state index contributed by atoms with van der Waals surface area (Å²) in [6, 6.07) is 8.63. The Kier molecular flexibility index (Phi) is 7.54. The number of carbonyl (C=O) groups is 1. The molecule has 1 aliphatic heterocycles. The van der Waals surface area contributed by atoms with Crippen LogP contribution in [-0.4, -0.2) is 38.0 Å². The number of pyridine rings is 1. The topological polar surface area (TPSA) is 79.4 Å². The predicted octanol–water partition coefficient (Wildman–Crippen LogP) is 4.58. The highest BCUT2D eigenvalue weighted by atomic mass is 32.2. The minimum atomic E-state index is -3.58. The number of hydrogen-bond acceptors (Lipinski definition) is 5. The van der Waals surface area contributed by atoms with Crippen molar-refractivity contribution in [3.63, 3.8) is 0 Å². The van der Waals surface area contributed by atoms with E-state index >= 15 is 0 Å². The van der Waals surface area contributed by atoms with Crippen molar-refractivity contribution in [3.8, 4) is 0 Å². The monoisotopic (exact) mass is 461 g/mol. The number of anilines is 2. The Morgan fingerprint density at radius 2 is 2.03 bits per heavy atom. The van der Waals surface area contributed by atoms with Crippen LogP contribution in [0.5, 0.6) is 0 Å². The fourth-order valence-corrected chi connectivity index (χ4v) is 4.74. The fourth-order valence-electron chi connectivity index (χ4n) is 4.17. The predicted molar refractivity (Wildman–Crippen MR) is 126 cm³/mol. The Bertz CT molecular complexity index is 1090. The summed E-state index contributed by atoms with van der Waals surface area (Å²) in [6.45, 7) is 6.92. The van der Waals surface area contributed by atoms with Crippen LogP contribution in [0.1, 0.15) is 62.3 Å². The summed E-state index contributed by atoms with van der Waals surface area (Å²) < 4.78 is 39.2. The highest BCUT2D eigenvalue weighted by Gasteiger charge is 2.23. The number of aryl methyl sites for hydroxylation is 2. The highest BCUT2D eigenvalue weighted by molar-refractivity contribution is 7.92. The molecule has 2 unspecified atom stereocenters. The van der Waals surface area contributed by atoms with E-state index in [2.05, 4.69) is 22.6 Å². The van der Waals surface area contributed by atoms with Gasteiger partial charge in [-0.1, -0.05) is 19.1 Å². The molecule has 0 bridgehead atoms. The Hall–Kier alpha value is -2.48. The zero-order valence-corrected chi connectivity index (χ0v) is 20.0. The van der Waals surface area contributed by atoms with Crippen LogP contribution in [0.2, 0.25) is 0 Å². The highest BCUT2D eigenvalue weighted by Crippen LogP contribution is 2.29. The smallest absolute Gasteiger partial charge is 0.229 e. The SMILES string of the molecule is Cc1ccc(CCC(=O)C(C)c2ccc(NS(C)(=O)=O)c(F)c2)c(N2CCCCC2C)n1. The van der Waals surface area contributed by atoms with Crippen molar-refractivity contribution in [3.05, 3.63) is 53.0 Å². The molecule has 0 radical (unpaired) electrons. The van der Waals surface area contributed by atoms with Gasteiger partial charge in [-0.15, -0.1) is 0 Å². The lowest BCUT2D eigenvalue weighted by atomic mass is 9.92. The molecule has 174 valence electrons. The Morgan fingerprint density at radius 1 is 1.28 bits per heavy atom. The maximum absolute atomic E-state index is 14.3. The van der Waals surface area contributed by atoms with Crippen LogP contribution in [0.15, 0.2) is 30.3 Å². The number of Topliss-reactive ketones (excluding diaryl/α,β-unsaturated/α-hetero) is 1. The van der Waals surface area contributed by atoms with Gasteiger partial charge in [0, 0.05) is 30.6 Å². The fraction of sp³-hybridized carbons (Fsp3) is 0.500. The van der Waals surface area contributed by atoms with Crippen LogP contribution in [0.3, 0.4) is 0 Å². The van der Waals surface area contributed by atoms with E-state index in [9.17, 15) is 17.6 Å². The van der Waals surface area contributed by atoms with Gasteiger partial charge in [-0.2, -0.15) is 0 Å². The summed E-state index contributed by atoms with van der Waals surface area (Å²) in [6.07, 6.45) is 5.37. The molecule has 0 amide bonds. The van der Waals surface area contributed by atoms with Crippen molar-refractivity contribution in [2.75, 3.05) is 22.4 Å². The lowest BCUT2D eigenvalue weighted by Crippen LogP contribution is -2.38. The molecule has 1 aromatic carbocycles. The summed E-state index contributed by atoms with van der Waals surface area (Å²) >= 11 is 0. The number of aromatic nitrogens is 1. The first-order chi connectivity index (χ1) is 15.0. The van der Waals surface area contributed by atoms with Crippen molar-refractivity contribution < 1.29 is 17.6 Å². The molecule has 0 spiro atoms. The van der Waals surface area contributed by atoms with E-state index in [-0.39, 0.29) is 11.5 Å². The third-order valence-corrected chi connectivity index (χ3v) is 6.67. The van der Waals surface area contributed by atoms with Gasteiger partial charge < -0.3 is 4.90 Å². The quantitative estimate of drug-likeness (QED) is 0.622. The number of halogens is 1. The Labute approximate surface area is 190 Å².